The van der Waals surface area contributed by atoms with Gasteiger partial charge >= 0.3 is 0 Å². The summed E-state index contributed by atoms with van der Waals surface area (Å²) in [5, 5.41) is 0. The molecule has 0 saturated carbocycles. The molecule has 0 aliphatic carbocycles. The van der Waals surface area contributed by atoms with Crippen molar-refractivity contribution in [1.29, 1.82) is 0 Å². The third-order valence-corrected chi connectivity index (χ3v) is 3.62. The Kier molecular flexibility index (Phi) is 6.51. The van der Waals surface area contributed by atoms with Crippen LogP contribution >= 0.6 is 12.4 Å². The minimum atomic E-state index is 0. The van der Waals surface area contributed by atoms with Crippen molar-refractivity contribution in [1.82, 2.24) is 4.90 Å². The van der Waals surface area contributed by atoms with Crippen LogP contribution in [0, 0.1) is 0 Å². The zero-order chi connectivity index (χ0) is 12.1. The van der Waals surface area contributed by atoms with Gasteiger partial charge < -0.3 is 9.64 Å². The summed E-state index contributed by atoms with van der Waals surface area (Å²) >= 11 is 0. The molecule has 1 aliphatic heterocycles. The first-order chi connectivity index (χ1) is 8.35. The van der Waals surface area contributed by atoms with E-state index in [-0.39, 0.29) is 12.4 Å². The van der Waals surface area contributed by atoms with Gasteiger partial charge in [-0.15, -0.1) is 12.4 Å². The van der Waals surface area contributed by atoms with Crippen molar-refractivity contribution in [2.45, 2.75) is 32.1 Å². The molecule has 1 aromatic rings. The van der Waals surface area contributed by atoms with Gasteiger partial charge in [0.1, 0.15) is 5.75 Å². The largest absolute Gasteiger partial charge is 0.496 e. The number of nitrogens with zero attached hydrogens (tertiary/aromatic N) is 1. The van der Waals surface area contributed by atoms with Crippen LogP contribution in [0.4, 0.5) is 0 Å². The Morgan fingerprint density at radius 3 is 2.83 bits per heavy atom. The summed E-state index contributed by atoms with van der Waals surface area (Å²) in [5.41, 5.74) is 1.39. The highest BCUT2D eigenvalue weighted by molar-refractivity contribution is 5.85. The molecule has 0 bridgehead atoms. The molecule has 18 heavy (non-hydrogen) atoms. The van der Waals surface area contributed by atoms with Crippen molar-refractivity contribution in [2.75, 3.05) is 26.7 Å². The average Bonchev–Trinajstić information content (AvgIpc) is 2.39. The van der Waals surface area contributed by atoms with Gasteiger partial charge in [-0.25, -0.2) is 0 Å². The highest BCUT2D eigenvalue weighted by atomic mass is 35.5. The lowest BCUT2D eigenvalue weighted by atomic mass is 9.90. The van der Waals surface area contributed by atoms with Crippen molar-refractivity contribution in [3.8, 4) is 5.75 Å². The lowest BCUT2D eigenvalue weighted by Gasteiger charge is -2.33. The highest BCUT2D eigenvalue weighted by Crippen LogP contribution is 2.32. The van der Waals surface area contributed by atoms with Crippen LogP contribution in [0.2, 0.25) is 0 Å². The Labute approximate surface area is 117 Å². The van der Waals surface area contributed by atoms with Crippen LogP contribution in [-0.2, 0) is 0 Å². The summed E-state index contributed by atoms with van der Waals surface area (Å²) in [6.07, 6.45) is 3.85. The molecule has 3 heteroatoms. The van der Waals surface area contributed by atoms with E-state index in [0.29, 0.717) is 5.92 Å². The molecule has 1 fully saturated rings. The maximum atomic E-state index is 5.48. The zero-order valence-electron chi connectivity index (χ0n) is 11.4. The van der Waals surface area contributed by atoms with E-state index in [1.165, 1.54) is 44.5 Å². The molecule has 0 N–H and O–H groups in total. The van der Waals surface area contributed by atoms with Crippen molar-refractivity contribution >= 4 is 12.4 Å². The Morgan fingerprint density at radius 2 is 2.11 bits per heavy atom. The van der Waals surface area contributed by atoms with Gasteiger partial charge in [0.2, 0.25) is 0 Å². The standard InChI is InChI=1S/C15H23NO.ClH/c1-3-10-16-11-6-7-13(12-16)14-8-4-5-9-15(14)17-2;/h4-5,8-9,13H,3,6-7,10-12H2,1-2H3;1H. The molecule has 2 rings (SSSR count). The Morgan fingerprint density at radius 1 is 1.33 bits per heavy atom. The molecular formula is C15H24ClNO. The van der Waals surface area contributed by atoms with Crippen LogP contribution in [-0.4, -0.2) is 31.6 Å². The van der Waals surface area contributed by atoms with Crippen molar-refractivity contribution in [3.63, 3.8) is 0 Å². The summed E-state index contributed by atoms with van der Waals surface area (Å²) < 4.78 is 5.48. The SMILES string of the molecule is CCCN1CCCC(c2ccccc2OC)C1.Cl. The monoisotopic (exact) mass is 269 g/mol. The fourth-order valence-corrected chi connectivity index (χ4v) is 2.83. The summed E-state index contributed by atoms with van der Waals surface area (Å²) in [7, 11) is 1.77. The Hall–Kier alpha value is -0.730. The van der Waals surface area contributed by atoms with E-state index in [0.717, 1.165) is 5.75 Å². The topological polar surface area (TPSA) is 12.5 Å². The number of para-hydroxylation sites is 1. The number of likely N-dealkylation sites (tertiary alicyclic amines) is 1. The highest BCUT2D eigenvalue weighted by Gasteiger charge is 2.22. The molecule has 0 aromatic heterocycles. The van der Waals surface area contributed by atoms with Crippen molar-refractivity contribution in [3.05, 3.63) is 29.8 Å². The second-order valence-corrected chi connectivity index (χ2v) is 4.88. The van der Waals surface area contributed by atoms with Crippen LogP contribution < -0.4 is 4.74 Å². The minimum Gasteiger partial charge on any atom is -0.496 e. The maximum Gasteiger partial charge on any atom is 0.122 e. The molecular weight excluding hydrogens is 246 g/mol. The fraction of sp³-hybridized carbons (Fsp3) is 0.600. The minimum absolute atomic E-state index is 0. The van der Waals surface area contributed by atoms with E-state index in [2.05, 4.69) is 36.1 Å². The maximum absolute atomic E-state index is 5.48. The number of ether oxygens (including phenoxy) is 1. The number of methoxy groups -OCH3 is 1. The Bertz CT molecular complexity index is 354. The van der Waals surface area contributed by atoms with Gasteiger partial charge in [-0.1, -0.05) is 25.1 Å². The van der Waals surface area contributed by atoms with Gasteiger partial charge in [-0.05, 0) is 44.0 Å². The molecule has 1 aliphatic rings. The second-order valence-electron chi connectivity index (χ2n) is 4.88. The Balaban J connectivity index is 0.00000162. The van der Waals surface area contributed by atoms with Gasteiger partial charge in [0.25, 0.3) is 0 Å². The summed E-state index contributed by atoms with van der Waals surface area (Å²) in [6, 6.07) is 8.47. The molecule has 1 unspecified atom stereocenters. The van der Waals surface area contributed by atoms with E-state index in [4.69, 9.17) is 4.74 Å². The van der Waals surface area contributed by atoms with Gasteiger partial charge in [-0.2, -0.15) is 0 Å². The molecule has 1 heterocycles. The number of halogens is 1. The molecule has 0 amide bonds. The third kappa shape index (κ3) is 3.63. The van der Waals surface area contributed by atoms with Crippen LogP contribution in [0.15, 0.2) is 24.3 Å². The van der Waals surface area contributed by atoms with Crippen molar-refractivity contribution < 1.29 is 4.74 Å². The van der Waals surface area contributed by atoms with E-state index in [9.17, 15) is 0 Å². The van der Waals surface area contributed by atoms with Gasteiger partial charge in [-0.3, -0.25) is 0 Å². The summed E-state index contributed by atoms with van der Waals surface area (Å²) in [4.78, 5) is 2.58. The lowest BCUT2D eigenvalue weighted by Crippen LogP contribution is -2.34. The average molecular weight is 270 g/mol. The first-order valence-corrected chi connectivity index (χ1v) is 6.70. The predicted molar refractivity (Wildman–Crippen MR) is 78.9 cm³/mol. The van der Waals surface area contributed by atoms with Crippen LogP contribution in [0.1, 0.15) is 37.7 Å². The summed E-state index contributed by atoms with van der Waals surface area (Å²) in [5.74, 6) is 1.70. The molecule has 0 radical (unpaired) electrons. The quantitative estimate of drug-likeness (QED) is 0.826. The van der Waals surface area contributed by atoms with Gasteiger partial charge in [0, 0.05) is 12.5 Å². The van der Waals surface area contributed by atoms with E-state index < -0.39 is 0 Å². The van der Waals surface area contributed by atoms with Crippen LogP contribution in [0.25, 0.3) is 0 Å². The second kappa shape index (κ2) is 7.65. The zero-order valence-corrected chi connectivity index (χ0v) is 12.2. The normalized spacial score (nSPS) is 20.2. The number of rotatable bonds is 4. The van der Waals surface area contributed by atoms with Crippen LogP contribution in [0.3, 0.4) is 0 Å². The number of benzene rings is 1. The molecule has 1 aromatic carbocycles. The molecule has 1 atom stereocenters. The first kappa shape index (κ1) is 15.3. The molecule has 1 saturated heterocycles. The number of hydrogen-bond acceptors (Lipinski definition) is 2. The lowest BCUT2D eigenvalue weighted by molar-refractivity contribution is 0.206. The van der Waals surface area contributed by atoms with Gasteiger partial charge in [0.15, 0.2) is 0 Å². The third-order valence-electron chi connectivity index (χ3n) is 3.62. The van der Waals surface area contributed by atoms with E-state index in [1.807, 2.05) is 0 Å². The predicted octanol–water partition coefficient (Wildman–Crippen LogP) is 3.71. The number of hydrogen-bond donors (Lipinski definition) is 0. The van der Waals surface area contributed by atoms with E-state index in [1.54, 1.807) is 7.11 Å². The molecule has 102 valence electrons. The van der Waals surface area contributed by atoms with E-state index >= 15 is 0 Å². The molecule has 2 nitrogen and oxygen atoms in total. The smallest absolute Gasteiger partial charge is 0.122 e. The van der Waals surface area contributed by atoms with Crippen LogP contribution in [0.5, 0.6) is 5.75 Å². The summed E-state index contributed by atoms with van der Waals surface area (Å²) in [6.45, 7) is 5.94. The first-order valence-electron chi connectivity index (χ1n) is 6.70. The molecule has 0 spiro atoms. The van der Waals surface area contributed by atoms with Gasteiger partial charge in [0.05, 0.1) is 7.11 Å². The fourth-order valence-electron chi connectivity index (χ4n) is 2.83. The number of piperidine rings is 1. The van der Waals surface area contributed by atoms with Crippen molar-refractivity contribution in [2.24, 2.45) is 0 Å².